The lowest BCUT2D eigenvalue weighted by atomic mass is 10.1. The van der Waals surface area contributed by atoms with Gasteiger partial charge in [-0.3, -0.25) is 9.48 Å². The zero-order valence-corrected chi connectivity index (χ0v) is 18.4. The first-order valence-electron chi connectivity index (χ1n) is 9.80. The molecule has 0 unspecified atom stereocenters. The lowest BCUT2D eigenvalue weighted by molar-refractivity contribution is 0.102. The van der Waals surface area contributed by atoms with Crippen molar-refractivity contribution >= 4 is 34.9 Å². The highest BCUT2D eigenvalue weighted by atomic mass is 32.2. The maximum absolute atomic E-state index is 12.9. The van der Waals surface area contributed by atoms with Gasteiger partial charge in [-0.05, 0) is 55.1 Å². The predicted octanol–water partition coefficient (Wildman–Crippen LogP) is 5.51. The molecular formula is C24H23N5OS. The first-order chi connectivity index (χ1) is 15.0. The Bertz CT molecular complexity index is 1220. The Morgan fingerprint density at radius 2 is 1.77 bits per heavy atom. The van der Waals surface area contributed by atoms with E-state index in [2.05, 4.69) is 20.7 Å². The molecular weight excluding hydrogens is 406 g/mol. The van der Waals surface area contributed by atoms with Gasteiger partial charge in [0.2, 0.25) is 0 Å². The SMILES string of the molecule is CSc1ccc(C(=O)Nc2cc(-c3cnn(C)c3)cnc2Nc2ccccc2C)cc1. The third-order valence-corrected chi connectivity index (χ3v) is 5.67. The zero-order chi connectivity index (χ0) is 21.8. The number of hydrogen-bond acceptors (Lipinski definition) is 5. The Hall–Kier alpha value is -3.58. The van der Waals surface area contributed by atoms with Gasteiger partial charge >= 0.3 is 0 Å². The molecule has 0 spiro atoms. The van der Waals surface area contributed by atoms with Crippen molar-refractivity contribution in [2.75, 3.05) is 16.9 Å². The van der Waals surface area contributed by atoms with Crippen LogP contribution in [0.15, 0.2) is 78.1 Å². The fourth-order valence-electron chi connectivity index (χ4n) is 3.17. The van der Waals surface area contributed by atoms with Gasteiger partial charge in [0.15, 0.2) is 5.82 Å². The van der Waals surface area contributed by atoms with Crippen molar-refractivity contribution in [3.8, 4) is 11.1 Å². The number of aromatic nitrogens is 3. The highest BCUT2D eigenvalue weighted by Gasteiger charge is 2.14. The second-order valence-electron chi connectivity index (χ2n) is 7.15. The minimum Gasteiger partial charge on any atom is -0.338 e. The van der Waals surface area contributed by atoms with Crippen LogP contribution in [0.5, 0.6) is 0 Å². The Morgan fingerprint density at radius 3 is 2.45 bits per heavy atom. The molecule has 2 aromatic carbocycles. The number of rotatable bonds is 6. The average molecular weight is 430 g/mol. The van der Waals surface area contributed by atoms with Crippen molar-refractivity contribution in [1.82, 2.24) is 14.8 Å². The molecule has 4 aromatic rings. The minimum absolute atomic E-state index is 0.189. The van der Waals surface area contributed by atoms with E-state index in [1.54, 1.807) is 28.8 Å². The topological polar surface area (TPSA) is 71.8 Å². The van der Waals surface area contributed by atoms with Gasteiger partial charge in [-0.25, -0.2) is 4.98 Å². The smallest absolute Gasteiger partial charge is 0.255 e. The van der Waals surface area contributed by atoms with Crippen LogP contribution in [0.1, 0.15) is 15.9 Å². The molecule has 0 aliphatic heterocycles. The van der Waals surface area contributed by atoms with E-state index in [1.165, 1.54) is 0 Å². The second kappa shape index (κ2) is 9.06. The van der Waals surface area contributed by atoms with Crippen LogP contribution in [0.3, 0.4) is 0 Å². The number of carbonyl (C=O) groups excluding carboxylic acids is 1. The summed E-state index contributed by atoms with van der Waals surface area (Å²) >= 11 is 1.64. The third-order valence-electron chi connectivity index (χ3n) is 4.92. The molecule has 0 saturated heterocycles. The fourth-order valence-corrected chi connectivity index (χ4v) is 3.57. The van der Waals surface area contributed by atoms with Crippen molar-refractivity contribution in [3.63, 3.8) is 0 Å². The third kappa shape index (κ3) is 4.78. The van der Waals surface area contributed by atoms with Gasteiger partial charge in [-0.2, -0.15) is 5.10 Å². The largest absolute Gasteiger partial charge is 0.338 e. The molecule has 6 nitrogen and oxygen atoms in total. The molecule has 0 radical (unpaired) electrons. The van der Waals surface area contributed by atoms with Crippen LogP contribution >= 0.6 is 11.8 Å². The van der Waals surface area contributed by atoms with Crippen LogP contribution in [0, 0.1) is 6.92 Å². The maximum atomic E-state index is 12.9. The first-order valence-corrected chi connectivity index (χ1v) is 11.0. The standard InChI is InChI=1S/C24H23N5OS/c1-16-6-4-5-7-21(16)27-23-22(12-18(13-25-23)19-14-26-29(2)15-19)28-24(30)17-8-10-20(31-3)11-9-17/h4-15H,1-3H3,(H,25,27)(H,28,30). The average Bonchev–Trinajstić information content (AvgIpc) is 3.22. The summed E-state index contributed by atoms with van der Waals surface area (Å²) in [7, 11) is 1.87. The number of thioether (sulfide) groups is 1. The summed E-state index contributed by atoms with van der Waals surface area (Å²) in [6.07, 6.45) is 7.48. The Kier molecular flexibility index (Phi) is 6.04. The van der Waals surface area contributed by atoms with Crippen LogP contribution in [0.4, 0.5) is 17.2 Å². The molecule has 0 aliphatic rings. The maximum Gasteiger partial charge on any atom is 0.255 e. The number of aryl methyl sites for hydroxylation is 2. The van der Waals surface area contributed by atoms with E-state index in [4.69, 9.17) is 0 Å². The molecule has 1 amide bonds. The second-order valence-corrected chi connectivity index (χ2v) is 8.03. The number of anilines is 3. The molecule has 2 aromatic heterocycles. The number of para-hydroxylation sites is 1. The van der Waals surface area contributed by atoms with E-state index >= 15 is 0 Å². The summed E-state index contributed by atoms with van der Waals surface area (Å²) < 4.78 is 1.74. The number of amides is 1. The van der Waals surface area contributed by atoms with Gasteiger partial charge in [0, 0.05) is 46.7 Å². The summed E-state index contributed by atoms with van der Waals surface area (Å²) in [6, 6.07) is 17.4. The summed E-state index contributed by atoms with van der Waals surface area (Å²) in [4.78, 5) is 18.7. The zero-order valence-electron chi connectivity index (χ0n) is 17.6. The summed E-state index contributed by atoms with van der Waals surface area (Å²) in [5.74, 6) is 0.390. The lowest BCUT2D eigenvalue weighted by Crippen LogP contribution is -2.14. The molecule has 4 rings (SSSR count). The van der Waals surface area contributed by atoms with Crippen LogP contribution in [-0.4, -0.2) is 26.9 Å². The molecule has 156 valence electrons. The van der Waals surface area contributed by atoms with Crippen molar-refractivity contribution in [2.45, 2.75) is 11.8 Å². The Morgan fingerprint density at radius 1 is 1.00 bits per heavy atom. The van der Waals surface area contributed by atoms with Gasteiger partial charge in [0.1, 0.15) is 0 Å². The van der Waals surface area contributed by atoms with Crippen LogP contribution in [-0.2, 0) is 7.05 Å². The van der Waals surface area contributed by atoms with Gasteiger partial charge < -0.3 is 10.6 Å². The minimum atomic E-state index is -0.189. The molecule has 0 atom stereocenters. The number of carbonyl (C=O) groups is 1. The highest BCUT2D eigenvalue weighted by molar-refractivity contribution is 7.98. The van der Waals surface area contributed by atoms with E-state index in [0.717, 1.165) is 27.3 Å². The Labute approximate surface area is 185 Å². The van der Waals surface area contributed by atoms with Gasteiger partial charge in [0.05, 0.1) is 11.9 Å². The van der Waals surface area contributed by atoms with E-state index in [1.807, 2.05) is 81.0 Å². The fraction of sp³-hybridized carbons (Fsp3) is 0.125. The van der Waals surface area contributed by atoms with Gasteiger partial charge in [0.25, 0.3) is 5.91 Å². The normalized spacial score (nSPS) is 10.7. The monoisotopic (exact) mass is 429 g/mol. The molecule has 31 heavy (non-hydrogen) atoms. The number of hydrogen-bond donors (Lipinski definition) is 2. The molecule has 2 N–H and O–H groups in total. The molecule has 2 heterocycles. The number of pyridine rings is 1. The van der Waals surface area contributed by atoms with Crippen LogP contribution in [0.25, 0.3) is 11.1 Å². The number of nitrogens with one attached hydrogen (secondary N) is 2. The van der Waals surface area contributed by atoms with Crippen molar-refractivity contribution < 1.29 is 4.79 Å². The van der Waals surface area contributed by atoms with E-state index in [9.17, 15) is 4.79 Å². The van der Waals surface area contributed by atoms with Gasteiger partial charge in [-0.15, -0.1) is 11.8 Å². The Balaban J connectivity index is 1.69. The summed E-state index contributed by atoms with van der Waals surface area (Å²) in [5, 5.41) is 10.6. The first kappa shape index (κ1) is 20.7. The highest BCUT2D eigenvalue weighted by Crippen LogP contribution is 2.30. The number of nitrogens with zero attached hydrogens (tertiary/aromatic N) is 3. The van der Waals surface area contributed by atoms with E-state index in [0.29, 0.717) is 17.1 Å². The van der Waals surface area contributed by atoms with Crippen molar-refractivity contribution in [1.29, 1.82) is 0 Å². The van der Waals surface area contributed by atoms with E-state index in [-0.39, 0.29) is 5.91 Å². The quantitative estimate of drug-likeness (QED) is 0.396. The summed E-state index contributed by atoms with van der Waals surface area (Å²) in [6.45, 7) is 2.03. The molecule has 0 bridgehead atoms. The predicted molar refractivity (Wildman–Crippen MR) is 127 cm³/mol. The van der Waals surface area contributed by atoms with E-state index < -0.39 is 0 Å². The van der Waals surface area contributed by atoms with Gasteiger partial charge in [-0.1, -0.05) is 18.2 Å². The van der Waals surface area contributed by atoms with Crippen molar-refractivity contribution in [3.05, 3.63) is 84.3 Å². The molecule has 0 saturated carbocycles. The molecule has 0 aliphatic carbocycles. The molecule has 7 heteroatoms. The molecule has 0 fully saturated rings. The lowest BCUT2D eigenvalue weighted by Gasteiger charge is -2.15. The van der Waals surface area contributed by atoms with Crippen molar-refractivity contribution in [2.24, 2.45) is 7.05 Å². The van der Waals surface area contributed by atoms with Crippen LogP contribution in [0.2, 0.25) is 0 Å². The number of benzene rings is 2. The summed E-state index contributed by atoms with van der Waals surface area (Å²) in [5.41, 5.74) is 5.01. The van der Waals surface area contributed by atoms with Crippen LogP contribution < -0.4 is 10.6 Å².